The second-order valence-corrected chi connectivity index (χ2v) is 7.04. The van der Waals surface area contributed by atoms with Gasteiger partial charge in [0.05, 0.1) is 0 Å². The Kier molecular flexibility index (Phi) is 5.48. The van der Waals surface area contributed by atoms with E-state index in [0.29, 0.717) is 17.5 Å². The van der Waals surface area contributed by atoms with E-state index in [0.717, 1.165) is 41.8 Å². The summed E-state index contributed by atoms with van der Waals surface area (Å²) in [5.74, 6) is 1.60. The van der Waals surface area contributed by atoms with Crippen LogP contribution in [0.5, 0.6) is 0 Å². The van der Waals surface area contributed by atoms with Crippen molar-refractivity contribution < 1.29 is 0 Å². The summed E-state index contributed by atoms with van der Waals surface area (Å²) in [6.45, 7) is 2.88. The van der Waals surface area contributed by atoms with Crippen molar-refractivity contribution in [3.8, 4) is 22.5 Å². The molecule has 0 aliphatic rings. The van der Waals surface area contributed by atoms with Gasteiger partial charge in [-0.3, -0.25) is 0 Å². The highest BCUT2D eigenvalue weighted by atomic mass is 35.5. The summed E-state index contributed by atoms with van der Waals surface area (Å²) in [5.41, 5.74) is 4.33. The van der Waals surface area contributed by atoms with Crippen LogP contribution in [0.15, 0.2) is 54.7 Å². The number of rotatable bonds is 7. The average Bonchev–Trinajstić information content (AvgIpc) is 3.37. The molecule has 0 aliphatic heterocycles. The Balaban J connectivity index is 1.74. The van der Waals surface area contributed by atoms with Gasteiger partial charge in [0.1, 0.15) is 11.0 Å². The second kappa shape index (κ2) is 8.35. The van der Waals surface area contributed by atoms with Gasteiger partial charge in [-0.05, 0) is 28.3 Å². The van der Waals surface area contributed by atoms with E-state index in [9.17, 15) is 0 Å². The largest absolute Gasteiger partial charge is 0.329 e. The van der Waals surface area contributed by atoms with Crippen LogP contribution in [0, 0.1) is 0 Å². The molecule has 0 aliphatic carbocycles. The molecule has 0 saturated heterocycles. The Morgan fingerprint density at radius 1 is 1.00 bits per heavy atom. The second-order valence-electron chi connectivity index (χ2n) is 6.65. The number of hydrogen-bond donors (Lipinski definition) is 1. The number of aryl methyl sites for hydroxylation is 1. The van der Waals surface area contributed by atoms with Crippen molar-refractivity contribution in [2.75, 3.05) is 0 Å². The SMILES string of the molecule is CCCCc1nc(Cl)cn1Cc1ccccc1-c1ccccc1-c1nn[nH]n1. The summed E-state index contributed by atoms with van der Waals surface area (Å²) in [5, 5.41) is 15.1. The highest BCUT2D eigenvalue weighted by molar-refractivity contribution is 6.29. The van der Waals surface area contributed by atoms with Crippen LogP contribution >= 0.6 is 11.6 Å². The van der Waals surface area contributed by atoms with Gasteiger partial charge in [-0.15, -0.1) is 10.2 Å². The quantitative estimate of drug-likeness (QED) is 0.491. The van der Waals surface area contributed by atoms with E-state index in [1.165, 1.54) is 5.56 Å². The number of tetrazole rings is 1. The Bertz CT molecular complexity index is 1050. The van der Waals surface area contributed by atoms with Gasteiger partial charge in [0.2, 0.25) is 5.82 Å². The first-order chi connectivity index (χ1) is 13.8. The number of imidazole rings is 1. The zero-order valence-corrected chi connectivity index (χ0v) is 16.4. The Labute approximate surface area is 168 Å². The minimum absolute atomic E-state index is 0.538. The Morgan fingerprint density at radius 2 is 1.75 bits per heavy atom. The lowest BCUT2D eigenvalue weighted by Gasteiger charge is -2.14. The van der Waals surface area contributed by atoms with Crippen molar-refractivity contribution >= 4 is 11.6 Å². The lowest BCUT2D eigenvalue weighted by molar-refractivity contribution is 0.678. The minimum atomic E-state index is 0.538. The van der Waals surface area contributed by atoms with E-state index < -0.39 is 0 Å². The van der Waals surface area contributed by atoms with Gasteiger partial charge in [0, 0.05) is 24.7 Å². The van der Waals surface area contributed by atoms with Gasteiger partial charge >= 0.3 is 0 Å². The van der Waals surface area contributed by atoms with Crippen molar-refractivity contribution in [1.29, 1.82) is 0 Å². The van der Waals surface area contributed by atoms with Crippen LogP contribution in [-0.2, 0) is 13.0 Å². The molecule has 1 N–H and O–H groups in total. The van der Waals surface area contributed by atoms with E-state index >= 15 is 0 Å². The number of aromatic amines is 1. The molecule has 0 bridgehead atoms. The first-order valence-corrected chi connectivity index (χ1v) is 9.76. The Hall–Kier alpha value is -2.99. The molecule has 142 valence electrons. The fourth-order valence-electron chi connectivity index (χ4n) is 3.38. The van der Waals surface area contributed by atoms with E-state index in [2.05, 4.69) is 61.4 Å². The van der Waals surface area contributed by atoms with Crippen molar-refractivity contribution in [2.45, 2.75) is 32.7 Å². The van der Waals surface area contributed by atoms with Crippen LogP contribution in [0.1, 0.15) is 31.2 Å². The zero-order chi connectivity index (χ0) is 19.3. The molecule has 6 nitrogen and oxygen atoms in total. The maximum Gasteiger partial charge on any atom is 0.205 e. The van der Waals surface area contributed by atoms with E-state index in [1.54, 1.807) is 0 Å². The number of aromatic nitrogens is 6. The van der Waals surface area contributed by atoms with Crippen LogP contribution in [-0.4, -0.2) is 30.2 Å². The molecule has 0 amide bonds. The van der Waals surface area contributed by atoms with Crippen molar-refractivity contribution in [3.05, 3.63) is 71.3 Å². The number of hydrogen-bond acceptors (Lipinski definition) is 4. The van der Waals surface area contributed by atoms with E-state index in [-0.39, 0.29) is 0 Å². The molecule has 0 atom stereocenters. The number of nitrogens with one attached hydrogen (secondary N) is 1. The van der Waals surface area contributed by atoms with Gasteiger partial charge in [-0.25, -0.2) is 4.98 Å². The molecule has 0 saturated carbocycles. The molecule has 2 aromatic heterocycles. The molecular weight excluding hydrogens is 372 g/mol. The molecule has 4 rings (SSSR count). The summed E-state index contributed by atoms with van der Waals surface area (Å²) in [6.07, 6.45) is 5.05. The summed E-state index contributed by atoms with van der Waals surface area (Å²) >= 11 is 6.20. The molecular formula is C21H21ClN6. The predicted octanol–water partition coefficient (Wildman–Crippen LogP) is 4.77. The summed E-state index contributed by atoms with van der Waals surface area (Å²) in [7, 11) is 0. The van der Waals surface area contributed by atoms with E-state index in [1.807, 2.05) is 30.5 Å². The lowest BCUT2D eigenvalue weighted by Crippen LogP contribution is -2.06. The number of halogens is 1. The number of benzene rings is 2. The molecule has 0 fully saturated rings. The molecule has 2 aromatic carbocycles. The van der Waals surface area contributed by atoms with Crippen molar-refractivity contribution in [1.82, 2.24) is 30.2 Å². The van der Waals surface area contributed by atoms with Crippen molar-refractivity contribution in [2.24, 2.45) is 0 Å². The maximum atomic E-state index is 6.20. The minimum Gasteiger partial charge on any atom is -0.329 e. The van der Waals surface area contributed by atoms with Crippen LogP contribution in [0.3, 0.4) is 0 Å². The summed E-state index contributed by atoms with van der Waals surface area (Å²) in [6, 6.07) is 16.5. The third-order valence-corrected chi connectivity index (χ3v) is 4.93. The van der Waals surface area contributed by atoms with Crippen LogP contribution in [0.2, 0.25) is 5.15 Å². The molecule has 4 aromatic rings. The molecule has 0 unspecified atom stereocenters. The number of unbranched alkanes of at least 4 members (excludes halogenated alkanes) is 1. The van der Waals surface area contributed by atoms with Gasteiger partial charge < -0.3 is 4.57 Å². The first kappa shape index (κ1) is 18.4. The lowest BCUT2D eigenvalue weighted by atomic mass is 9.95. The molecule has 0 radical (unpaired) electrons. The van der Waals surface area contributed by atoms with Gasteiger partial charge in [-0.1, -0.05) is 73.5 Å². The highest BCUT2D eigenvalue weighted by Crippen LogP contribution is 2.32. The summed E-state index contributed by atoms with van der Waals surface area (Å²) in [4.78, 5) is 4.50. The topological polar surface area (TPSA) is 72.3 Å². The van der Waals surface area contributed by atoms with Gasteiger partial charge in [0.25, 0.3) is 0 Å². The number of nitrogens with zero attached hydrogens (tertiary/aromatic N) is 5. The highest BCUT2D eigenvalue weighted by Gasteiger charge is 2.15. The Morgan fingerprint density at radius 3 is 2.50 bits per heavy atom. The zero-order valence-electron chi connectivity index (χ0n) is 15.6. The fourth-order valence-corrected chi connectivity index (χ4v) is 3.60. The van der Waals surface area contributed by atoms with E-state index in [4.69, 9.17) is 11.6 Å². The normalized spacial score (nSPS) is 11.1. The van der Waals surface area contributed by atoms with Crippen LogP contribution < -0.4 is 0 Å². The van der Waals surface area contributed by atoms with Gasteiger partial charge in [0.15, 0.2) is 0 Å². The molecule has 28 heavy (non-hydrogen) atoms. The fraction of sp³-hybridized carbons (Fsp3) is 0.238. The number of H-pyrrole nitrogens is 1. The standard InChI is InChI=1S/C21H21ClN6/c1-2-3-12-20-23-19(22)14-28(20)13-15-8-4-5-9-16(15)17-10-6-7-11-18(17)21-24-26-27-25-21/h4-11,14H,2-3,12-13H2,1H3,(H,24,25,26,27). The first-order valence-electron chi connectivity index (χ1n) is 9.39. The summed E-state index contributed by atoms with van der Waals surface area (Å²) < 4.78 is 2.15. The molecule has 0 spiro atoms. The third kappa shape index (κ3) is 3.82. The smallest absolute Gasteiger partial charge is 0.205 e. The molecule has 7 heteroatoms. The molecule has 2 heterocycles. The third-order valence-electron chi connectivity index (χ3n) is 4.75. The maximum absolute atomic E-state index is 6.20. The predicted molar refractivity (Wildman–Crippen MR) is 110 cm³/mol. The monoisotopic (exact) mass is 392 g/mol. The van der Waals surface area contributed by atoms with Crippen molar-refractivity contribution in [3.63, 3.8) is 0 Å². The van der Waals surface area contributed by atoms with Crippen LogP contribution in [0.25, 0.3) is 22.5 Å². The average molecular weight is 393 g/mol. The van der Waals surface area contributed by atoms with Gasteiger partial charge in [-0.2, -0.15) is 5.21 Å². The van der Waals surface area contributed by atoms with Crippen LogP contribution in [0.4, 0.5) is 0 Å².